The normalized spacial score (nSPS) is 24.6. The number of hydrogen-bond acceptors (Lipinski definition) is 4. The molecule has 0 N–H and O–H groups in total. The zero-order valence-corrected chi connectivity index (χ0v) is 11.7. The minimum atomic E-state index is 0.0932. The molecular weight excluding hydrogens is 262 g/mol. The molecule has 0 aliphatic carbocycles. The Morgan fingerprint density at radius 2 is 2.32 bits per heavy atom. The van der Waals surface area contributed by atoms with Crippen molar-refractivity contribution in [3.05, 3.63) is 24.3 Å². The van der Waals surface area contributed by atoms with Crippen molar-refractivity contribution >= 4 is 17.7 Å². The highest BCUT2D eigenvalue weighted by atomic mass is 32.2. The predicted octanol–water partition coefficient (Wildman–Crippen LogP) is 1.79. The highest BCUT2D eigenvalue weighted by Crippen LogP contribution is 2.37. The molecule has 0 spiro atoms. The van der Waals surface area contributed by atoms with Crippen LogP contribution in [0.4, 0.5) is 0 Å². The number of likely N-dealkylation sites (tertiary alicyclic amines) is 1. The number of nitrogens with zero attached hydrogens (tertiary/aromatic N) is 1. The molecule has 1 amide bonds. The maximum atomic E-state index is 12.1. The largest absolute Gasteiger partial charge is 0.497 e. The van der Waals surface area contributed by atoms with Crippen LogP contribution in [0, 0.1) is 0 Å². The summed E-state index contributed by atoms with van der Waals surface area (Å²) in [5, 5.41) is 0.644. The van der Waals surface area contributed by atoms with E-state index in [9.17, 15) is 4.79 Å². The Morgan fingerprint density at radius 3 is 3.00 bits per heavy atom. The van der Waals surface area contributed by atoms with Crippen molar-refractivity contribution in [2.45, 2.75) is 17.7 Å². The van der Waals surface area contributed by atoms with Gasteiger partial charge in [-0.05, 0) is 18.6 Å². The summed E-state index contributed by atoms with van der Waals surface area (Å²) in [6.45, 7) is 0.997. The van der Waals surface area contributed by atoms with Crippen LogP contribution in [0.1, 0.15) is 6.42 Å². The number of methoxy groups -OCH3 is 1. The van der Waals surface area contributed by atoms with E-state index in [0.29, 0.717) is 17.0 Å². The van der Waals surface area contributed by atoms with Gasteiger partial charge in [0.2, 0.25) is 0 Å². The molecule has 2 bridgehead atoms. The van der Waals surface area contributed by atoms with Crippen LogP contribution in [-0.2, 0) is 4.79 Å². The monoisotopic (exact) mass is 279 g/mol. The van der Waals surface area contributed by atoms with Crippen LogP contribution in [-0.4, -0.2) is 48.1 Å². The van der Waals surface area contributed by atoms with E-state index in [4.69, 9.17) is 9.47 Å². The summed E-state index contributed by atoms with van der Waals surface area (Å²) in [7, 11) is 1.61. The molecule has 2 atom stereocenters. The number of thioether (sulfide) groups is 1. The first-order valence-corrected chi connectivity index (χ1v) is 7.49. The van der Waals surface area contributed by atoms with E-state index in [0.717, 1.165) is 24.5 Å². The molecule has 4 nitrogen and oxygen atoms in total. The summed E-state index contributed by atoms with van der Waals surface area (Å²) in [6, 6.07) is 7.76. The van der Waals surface area contributed by atoms with Crippen LogP contribution in [0.5, 0.6) is 11.5 Å². The van der Waals surface area contributed by atoms with Crippen molar-refractivity contribution in [2.75, 3.05) is 26.0 Å². The number of amides is 1. The molecule has 0 aromatic heterocycles. The minimum Gasteiger partial charge on any atom is -0.497 e. The first kappa shape index (κ1) is 12.7. The van der Waals surface area contributed by atoms with E-state index in [-0.39, 0.29) is 12.5 Å². The molecular formula is C14H17NO3S. The third-order valence-corrected chi connectivity index (χ3v) is 5.01. The molecule has 2 heterocycles. The van der Waals surface area contributed by atoms with Crippen molar-refractivity contribution < 1.29 is 14.3 Å². The second kappa shape index (κ2) is 5.33. The zero-order valence-electron chi connectivity index (χ0n) is 10.9. The molecule has 19 heavy (non-hydrogen) atoms. The van der Waals surface area contributed by atoms with Crippen molar-refractivity contribution in [1.29, 1.82) is 0 Å². The second-order valence-electron chi connectivity index (χ2n) is 4.86. The Bertz CT molecular complexity index is 480. The number of fused-ring (bicyclic) bond motifs is 2. The number of hydrogen-bond donors (Lipinski definition) is 0. The number of carbonyl (C=O) groups is 1. The van der Waals surface area contributed by atoms with Crippen LogP contribution < -0.4 is 9.47 Å². The second-order valence-corrected chi connectivity index (χ2v) is 6.19. The topological polar surface area (TPSA) is 38.8 Å². The lowest BCUT2D eigenvalue weighted by molar-refractivity contribution is -0.133. The van der Waals surface area contributed by atoms with Crippen molar-refractivity contribution in [3.8, 4) is 11.5 Å². The van der Waals surface area contributed by atoms with Gasteiger partial charge in [-0.3, -0.25) is 4.79 Å². The van der Waals surface area contributed by atoms with E-state index in [1.807, 2.05) is 34.9 Å². The van der Waals surface area contributed by atoms with Gasteiger partial charge in [-0.1, -0.05) is 6.07 Å². The molecule has 2 saturated heterocycles. The van der Waals surface area contributed by atoms with Crippen LogP contribution in [0.15, 0.2) is 24.3 Å². The fraction of sp³-hybridized carbons (Fsp3) is 0.500. The molecule has 1 aromatic carbocycles. The van der Waals surface area contributed by atoms with Gasteiger partial charge in [-0.2, -0.15) is 11.8 Å². The number of rotatable bonds is 4. The van der Waals surface area contributed by atoms with Gasteiger partial charge in [0.25, 0.3) is 5.91 Å². The smallest absolute Gasteiger partial charge is 0.260 e. The lowest BCUT2D eigenvalue weighted by Gasteiger charge is -2.26. The quantitative estimate of drug-likeness (QED) is 0.842. The number of benzene rings is 1. The average Bonchev–Trinajstić information content (AvgIpc) is 3.07. The van der Waals surface area contributed by atoms with Crippen molar-refractivity contribution in [1.82, 2.24) is 4.90 Å². The fourth-order valence-electron chi connectivity index (χ4n) is 2.62. The third-order valence-electron chi connectivity index (χ3n) is 3.62. The minimum absolute atomic E-state index is 0.0932. The Labute approximate surface area is 117 Å². The van der Waals surface area contributed by atoms with Gasteiger partial charge in [0.15, 0.2) is 6.61 Å². The average molecular weight is 279 g/mol. The summed E-state index contributed by atoms with van der Waals surface area (Å²) in [5.41, 5.74) is 0. The van der Waals surface area contributed by atoms with E-state index >= 15 is 0 Å². The maximum Gasteiger partial charge on any atom is 0.260 e. The Hall–Kier alpha value is -1.36. The third kappa shape index (κ3) is 2.66. The highest BCUT2D eigenvalue weighted by Gasteiger charge is 2.40. The number of ether oxygens (including phenoxy) is 2. The molecule has 102 valence electrons. The standard InChI is InChI=1S/C14H17NO3S/c1-17-11-3-2-4-12(6-11)18-8-14(16)15-7-13-5-10(15)9-19-13/h2-4,6,10,13H,5,7-9H2,1H3. The van der Waals surface area contributed by atoms with Crippen molar-refractivity contribution in [3.63, 3.8) is 0 Å². The van der Waals surface area contributed by atoms with Crippen LogP contribution >= 0.6 is 11.8 Å². The Kier molecular flexibility index (Phi) is 3.55. The molecule has 0 saturated carbocycles. The SMILES string of the molecule is COc1cccc(OCC(=O)N2CC3CC2CS3)c1. The Balaban J connectivity index is 1.55. The molecule has 2 aliphatic rings. The lowest BCUT2D eigenvalue weighted by atomic mass is 10.2. The van der Waals surface area contributed by atoms with E-state index in [1.54, 1.807) is 13.2 Å². The summed E-state index contributed by atoms with van der Waals surface area (Å²) in [4.78, 5) is 14.1. The molecule has 2 unspecified atom stereocenters. The van der Waals surface area contributed by atoms with Gasteiger partial charge in [-0.25, -0.2) is 0 Å². The summed E-state index contributed by atoms with van der Waals surface area (Å²) in [5.74, 6) is 2.58. The fourth-order valence-corrected chi connectivity index (χ4v) is 4.06. The van der Waals surface area contributed by atoms with Crippen LogP contribution in [0.25, 0.3) is 0 Å². The molecule has 2 aliphatic heterocycles. The summed E-state index contributed by atoms with van der Waals surface area (Å²) < 4.78 is 10.7. The first-order chi connectivity index (χ1) is 9.26. The maximum absolute atomic E-state index is 12.1. The summed E-state index contributed by atoms with van der Waals surface area (Å²) >= 11 is 1.98. The van der Waals surface area contributed by atoms with Crippen LogP contribution in [0.3, 0.4) is 0 Å². The van der Waals surface area contributed by atoms with Gasteiger partial charge >= 0.3 is 0 Å². The van der Waals surface area contributed by atoms with E-state index in [2.05, 4.69) is 0 Å². The van der Waals surface area contributed by atoms with Gasteiger partial charge in [0, 0.05) is 29.7 Å². The summed E-state index contributed by atoms with van der Waals surface area (Å²) in [6.07, 6.45) is 1.15. The molecule has 1 aromatic rings. The highest BCUT2D eigenvalue weighted by molar-refractivity contribution is 8.00. The van der Waals surface area contributed by atoms with Crippen LogP contribution in [0.2, 0.25) is 0 Å². The number of carbonyl (C=O) groups excluding carboxylic acids is 1. The zero-order chi connectivity index (χ0) is 13.2. The van der Waals surface area contributed by atoms with Gasteiger partial charge in [0.05, 0.1) is 7.11 Å². The molecule has 3 rings (SSSR count). The first-order valence-electron chi connectivity index (χ1n) is 6.44. The molecule has 2 fully saturated rings. The van der Waals surface area contributed by atoms with Gasteiger partial charge in [0.1, 0.15) is 11.5 Å². The van der Waals surface area contributed by atoms with Gasteiger partial charge in [-0.15, -0.1) is 0 Å². The molecule has 5 heteroatoms. The molecule has 0 radical (unpaired) electrons. The predicted molar refractivity (Wildman–Crippen MR) is 74.9 cm³/mol. The van der Waals surface area contributed by atoms with E-state index in [1.165, 1.54) is 0 Å². The van der Waals surface area contributed by atoms with E-state index < -0.39 is 0 Å². The van der Waals surface area contributed by atoms with Crippen molar-refractivity contribution in [2.24, 2.45) is 0 Å². The Morgan fingerprint density at radius 1 is 1.47 bits per heavy atom. The van der Waals surface area contributed by atoms with Gasteiger partial charge < -0.3 is 14.4 Å². The lowest BCUT2D eigenvalue weighted by Crippen LogP contribution is -2.41.